The second kappa shape index (κ2) is 4.47. The average molecular weight is 257 g/mol. The number of hydrogen-bond acceptors (Lipinski definition) is 5. The maximum atomic E-state index is 12.2. The molecule has 1 aromatic carbocycles. The molecular formula is C10H6F3N3O2. The summed E-state index contributed by atoms with van der Waals surface area (Å²) in [5.41, 5.74) is 0.949. The van der Waals surface area contributed by atoms with Gasteiger partial charge < -0.3 is 9.73 Å². The van der Waals surface area contributed by atoms with Crippen LogP contribution < -0.4 is 0 Å². The smallest absolute Gasteiger partial charge is 0.411 e. The lowest BCUT2D eigenvalue weighted by Crippen LogP contribution is -2.04. The molecule has 0 bridgehead atoms. The number of nitrogens with zero attached hydrogens (tertiary/aromatic N) is 3. The molecule has 1 aromatic heterocycles. The van der Waals surface area contributed by atoms with E-state index in [4.69, 9.17) is 5.21 Å². The normalized spacial score (nSPS) is 12.2. The molecular weight excluding hydrogens is 251 g/mol. The Morgan fingerprint density at radius 1 is 1.22 bits per heavy atom. The highest BCUT2D eigenvalue weighted by Gasteiger charge is 2.38. The fraction of sp³-hybridized carbons (Fsp3) is 0.100. The molecule has 0 atom stereocenters. The number of benzene rings is 1. The van der Waals surface area contributed by atoms with Crippen molar-refractivity contribution in [3.63, 3.8) is 0 Å². The van der Waals surface area contributed by atoms with E-state index < -0.39 is 12.1 Å². The van der Waals surface area contributed by atoms with Crippen LogP contribution in [-0.2, 0) is 6.18 Å². The van der Waals surface area contributed by atoms with Gasteiger partial charge in [0, 0.05) is 5.56 Å². The lowest BCUT2D eigenvalue weighted by molar-refractivity contribution is -0.159. The summed E-state index contributed by atoms with van der Waals surface area (Å²) in [5, 5.41) is 14.4. The summed E-state index contributed by atoms with van der Waals surface area (Å²) in [7, 11) is 0. The van der Waals surface area contributed by atoms with E-state index in [1.165, 1.54) is 18.3 Å². The standard InChI is InChI=1S/C10H6F3N3O2/c11-10(12,13)9-15-8(16-18-9)7-3-1-6(2-4-7)5-14-17/h1-5,17H. The van der Waals surface area contributed by atoms with Crippen molar-refractivity contribution in [2.24, 2.45) is 5.16 Å². The van der Waals surface area contributed by atoms with Gasteiger partial charge in [-0.1, -0.05) is 34.6 Å². The average Bonchev–Trinajstić information content (AvgIpc) is 2.79. The number of halogens is 3. The molecule has 0 unspecified atom stereocenters. The van der Waals surface area contributed by atoms with Crippen LogP contribution in [0, 0.1) is 0 Å². The van der Waals surface area contributed by atoms with Crippen molar-refractivity contribution in [1.29, 1.82) is 0 Å². The second-order valence-electron chi connectivity index (χ2n) is 3.29. The van der Waals surface area contributed by atoms with Crippen LogP contribution in [0.4, 0.5) is 13.2 Å². The molecule has 0 spiro atoms. The number of oxime groups is 1. The summed E-state index contributed by atoms with van der Waals surface area (Å²) < 4.78 is 40.8. The van der Waals surface area contributed by atoms with Crippen LogP contribution >= 0.6 is 0 Å². The first kappa shape index (κ1) is 12.1. The Balaban J connectivity index is 2.29. The SMILES string of the molecule is ON=Cc1ccc(-c2noc(C(F)(F)F)n2)cc1. The van der Waals surface area contributed by atoms with Crippen LogP contribution in [0.5, 0.6) is 0 Å². The minimum absolute atomic E-state index is 0.158. The Bertz CT molecular complexity index is 560. The zero-order chi connectivity index (χ0) is 13.2. The number of hydrogen-bond donors (Lipinski definition) is 1. The van der Waals surface area contributed by atoms with E-state index in [2.05, 4.69) is 19.8 Å². The maximum absolute atomic E-state index is 12.2. The molecule has 2 rings (SSSR count). The molecule has 0 saturated heterocycles. The quantitative estimate of drug-likeness (QED) is 0.510. The van der Waals surface area contributed by atoms with Gasteiger partial charge in [-0.25, -0.2) is 0 Å². The molecule has 0 amide bonds. The minimum Gasteiger partial charge on any atom is -0.411 e. The van der Waals surface area contributed by atoms with Crippen molar-refractivity contribution >= 4 is 6.21 Å². The number of aromatic nitrogens is 2. The highest BCUT2D eigenvalue weighted by atomic mass is 19.4. The van der Waals surface area contributed by atoms with Gasteiger partial charge in [0.25, 0.3) is 0 Å². The van der Waals surface area contributed by atoms with Crippen LogP contribution in [-0.4, -0.2) is 21.6 Å². The van der Waals surface area contributed by atoms with Crippen molar-refractivity contribution in [2.75, 3.05) is 0 Å². The summed E-state index contributed by atoms with van der Waals surface area (Å²) >= 11 is 0. The minimum atomic E-state index is -4.66. The third-order valence-electron chi connectivity index (χ3n) is 2.04. The second-order valence-corrected chi connectivity index (χ2v) is 3.29. The summed E-state index contributed by atoms with van der Waals surface area (Å²) in [5.74, 6) is -1.55. The van der Waals surface area contributed by atoms with E-state index in [1.54, 1.807) is 12.1 Å². The van der Waals surface area contributed by atoms with Gasteiger partial charge in [0.05, 0.1) is 6.21 Å². The number of alkyl halides is 3. The predicted octanol–water partition coefficient (Wildman–Crippen LogP) is 2.56. The Labute approximate surface area is 98.5 Å². The van der Waals surface area contributed by atoms with Crippen LogP contribution in [0.3, 0.4) is 0 Å². The van der Waals surface area contributed by atoms with Gasteiger partial charge in [0.2, 0.25) is 5.82 Å². The largest absolute Gasteiger partial charge is 0.471 e. The van der Waals surface area contributed by atoms with E-state index >= 15 is 0 Å². The van der Waals surface area contributed by atoms with Crippen molar-refractivity contribution in [2.45, 2.75) is 6.18 Å². The van der Waals surface area contributed by atoms with Gasteiger partial charge in [0.1, 0.15) is 0 Å². The lowest BCUT2D eigenvalue weighted by Gasteiger charge is -1.96. The lowest BCUT2D eigenvalue weighted by atomic mass is 10.1. The molecule has 0 radical (unpaired) electrons. The summed E-state index contributed by atoms with van der Waals surface area (Å²) in [6.45, 7) is 0. The molecule has 5 nitrogen and oxygen atoms in total. The third kappa shape index (κ3) is 2.47. The van der Waals surface area contributed by atoms with E-state index in [1.807, 2.05) is 0 Å². The molecule has 2 aromatic rings. The molecule has 0 fully saturated rings. The van der Waals surface area contributed by atoms with Crippen molar-refractivity contribution in [3.05, 3.63) is 35.7 Å². The van der Waals surface area contributed by atoms with Gasteiger partial charge in [-0.3, -0.25) is 0 Å². The van der Waals surface area contributed by atoms with Crippen molar-refractivity contribution < 1.29 is 22.9 Å². The zero-order valence-electron chi connectivity index (χ0n) is 8.72. The maximum Gasteiger partial charge on any atom is 0.471 e. The van der Waals surface area contributed by atoms with Gasteiger partial charge in [-0.2, -0.15) is 18.2 Å². The fourth-order valence-corrected chi connectivity index (χ4v) is 1.24. The van der Waals surface area contributed by atoms with E-state index in [9.17, 15) is 13.2 Å². The van der Waals surface area contributed by atoms with Gasteiger partial charge in [-0.05, 0) is 5.56 Å². The van der Waals surface area contributed by atoms with Crippen LogP contribution in [0.2, 0.25) is 0 Å². The predicted molar refractivity (Wildman–Crippen MR) is 54.1 cm³/mol. The zero-order valence-corrected chi connectivity index (χ0v) is 8.72. The highest BCUT2D eigenvalue weighted by molar-refractivity contribution is 5.80. The molecule has 0 aliphatic carbocycles. The van der Waals surface area contributed by atoms with E-state index in [-0.39, 0.29) is 5.82 Å². The molecule has 8 heteroatoms. The molecule has 0 aliphatic rings. The van der Waals surface area contributed by atoms with E-state index in [0.717, 1.165) is 0 Å². The van der Waals surface area contributed by atoms with Crippen molar-refractivity contribution in [3.8, 4) is 11.4 Å². The topological polar surface area (TPSA) is 71.5 Å². The number of rotatable bonds is 2. The molecule has 0 aliphatic heterocycles. The Hall–Kier alpha value is -2.38. The molecule has 94 valence electrons. The van der Waals surface area contributed by atoms with Crippen molar-refractivity contribution in [1.82, 2.24) is 10.1 Å². The van der Waals surface area contributed by atoms with E-state index in [0.29, 0.717) is 11.1 Å². The molecule has 1 N–H and O–H groups in total. The Kier molecular flexibility index (Phi) is 3.00. The molecule has 18 heavy (non-hydrogen) atoms. The van der Waals surface area contributed by atoms with Crippen LogP contribution in [0.1, 0.15) is 11.5 Å². The first-order chi connectivity index (χ1) is 8.50. The van der Waals surface area contributed by atoms with Crippen LogP contribution in [0.25, 0.3) is 11.4 Å². The summed E-state index contributed by atoms with van der Waals surface area (Å²) in [6.07, 6.45) is -3.48. The van der Waals surface area contributed by atoms with Gasteiger partial charge >= 0.3 is 12.1 Å². The fourth-order valence-electron chi connectivity index (χ4n) is 1.24. The molecule has 1 heterocycles. The summed E-state index contributed by atoms with van der Waals surface area (Å²) in [6, 6.07) is 6.06. The summed E-state index contributed by atoms with van der Waals surface area (Å²) in [4.78, 5) is 3.24. The Morgan fingerprint density at radius 2 is 1.89 bits per heavy atom. The monoisotopic (exact) mass is 257 g/mol. The van der Waals surface area contributed by atoms with Gasteiger partial charge in [0.15, 0.2) is 0 Å². The Morgan fingerprint density at radius 3 is 2.39 bits per heavy atom. The third-order valence-corrected chi connectivity index (χ3v) is 2.04. The van der Waals surface area contributed by atoms with Crippen LogP contribution in [0.15, 0.2) is 33.9 Å². The van der Waals surface area contributed by atoms with Gasteiger partial charge in [-0.15, -0.1) is 0 Å². The first-order valence-electron chi connectivity index (χ1n) is 4.69. The highest BCUT2D eigenvalue weighted by Crippen LogP contribution is 2.29. The first-order valence-corrected chi connectivity index (χ1v) is 4.69. The molecule has 0 saturated carbocycles.